The largest absolute Gasteiger partial charge is 0.508 e. The van der Waals surface area contributed by atoms with E-state index in [1.165, 1.54) is 13.3 Å². The number of phenols is 1. The topological polar surface area (TPSA) is 104 Å². The number of methoxy groups -OCH3 is 1. The second kappa shape index (κ2) is 8.45. The summed E-state index contributed by atoms with van der Waals surface area (Å²) in [5, 5.41) is 20.5. The molecule has 0 aromatic heterocycles. The molecule has 0 spiro atoms. The summed E-state index contributed by atoms with van der Waals surface area (Å²) in [7, 11) is 5.05. The predicted octanol–water partition coefficient (Wildman–Crippen LogP) is 1.06. The van der Waals surface area contributed by atoms with Gasteiger partial charge >= 0.3 is 5.97 Å². The fourth-order valence-electron chi connectivity index (χ4n) is 1.94. The molecule has 0 radical (unpaired) electrons. The van der Waals surface area contributed by atoms with Gasteiger partial charge in [0.1, 0.15) is 5.75 Å². The third-order valence-corrected chi connectivity index (χ3v) is 3.95. The summed E-state index contributed by atoms with van der Waals surface area (Å²) < 4.78 is 4.48. The molecule has 0 saturated carbocycles. The highest BCUT2D eigenvalue weighted by Gasteiger charge is 2.24. The van der Waals surface area contributed by atoms with Gasteiger partial charge < -0.3 is 14.7 Å². The number of ether oxygens (including phenoxy) is 1. The van der Waals surface area contributed by atoms with Crippen LogP contribution in [0.2, 0.25) is 0 Å². The molecule has 9 heteroatoms. The van der Waals surface area contributed by atoms with Crippen LogP contribution >= 0.6 is 11.8 Å². The van der Waals surface area contributed by atoms with E-state index in [9.17, 15) is 14.7 Å². The van der Waals surface area contributed by atoms with Crippen molar-refractivity contribution in [3.05, 3.63) is 40.3 Å². The molecule has 0 bridgehead atoms. The number of esters is 1. The van der Waals surface area contributed by atoms with Crippen LogP contribution in [-0.4, -0.2) is 54.5 Å². The number of hydrogen-bond donors (Lipinski definition) is 2. The molecule has 1 saturated heterocycles. The smallest absolute Gasteiger partial charge is 0.331 e. The van der Waals surface area contributed by atoms with Crippen LogP contribution in [0.4, 0.5) is 0 Å². The van der Waals surface area contributed by atoms with Crippen LogP contribution in [0.25, 0.3) is 0 Å². The Hall–Kier alpha value is -2.65. The molecule has 132 valence electrons. The third kappa shape index (κ3) is 5.44. The SMILES string of the molecule is COC(=O)/C=C1/S/C(=N\N=Cc2ccc(O)c(CN(C)C)c2)NC1=O. The zero-order valence-corrected chi connectivity index (χ0v) is 14.8. The van der Waals surface area contributed by atoms with Crippen molar-refractivity contribution in [1.29, 1.82) is 0 Å². The number of nitrogens with one attached hydrogen (secondary N) is 1. The maximum atomic E-state index is 11.7. The molecule has 2 rings (SSSR count). The summed E-state index contributed by atoms with van der Waals surface area (Å²) in [6.45, 7) is 0.593. The maximum Gasteiger partial charge on any atom is 0.331 e. The minimum Gasteiger partial charge on any atom is -0.508 e. The summed E-state index contributed by atoms with van der Waals surface area (Å²) in [5.74, 6) is -0.824. The summed E-state index contributed by atoms with van der Waals surface area (Å²) in [6.07, 6.45) is 2.61. The highest BCUT2D eigenvalue weighted by molar-refractivity contribution is 8.18. The van der Waals surface area contributed by atoms with Gasteiger partial charge in [0.05, 0.1) is 18.2 Å². The lowest BCUT2D eigenvalue weighted by Crippen LogP contribution is -2.19. The number of thioether (sulfide) groups is 1. The van der Waals surface area contributed by atoms with E-state index in [0.29, 0.717) is 6.54 Å². The fraction of sp³-hybridized carbons (Fsp3) is 0.250. The van der Waals surface area contributed by atoms with E-state index in [-0.39, 0.29) is 15.8 Å². The average Bonchev–Trinajstić information content (AvgIpc) is 2.89. The lowest BCUT2D eigenvalue weighted by molar-refractivity contribution is -0.135. The Morgan fingerprint density at radius 1 is 1.44 bits per heavy atom. The molecule has 2 N–H and O–H groups in total. The van der Waals surface area contributed by atoms with Crippen LogP contribution in [0.15, 0.2) is 39.4 Å². The zero-order valence-electron chi connectivity index (χ0n) is 14.0. The Morgan fingerprint density at radius 2 is 2.20 bits per heavy atom. The van der Waals surface area contributed by atoms with Crippen molar-refractivity contribution in [2.45, 2.75) is 6.54 Å². The molecule has 1 aromatic carbocycles. The third-order valence-electron chi connectivity index (χ3n) is 3.05. The van der Waals surface area contributed by atoms with E-state index in [4.69, 9.17) is 0 Å². The number of amides is 1. The second-order valence-electron chi connectivity index (χ2n) is 5.36. The van der Waals surface area contributed by atoms with E-state index < -0.39 is 11.9 Å². The number of rotatable bonds is 5. The van der Waals surface area contributed by atoms with Crippen molar-refractivity contribution in [3.63, 3.8) is 0 Å². The molecule has 25 heavy (non-hydrogen) atoms. The Bertz CT molecular complexity index is 771. The van der Waals surface area contributed by atoms with Gasteiger partial charge in [-0.25, -0.2) is 4.79 Å². The van der Waals surface area contributed by atoms with Gasteiger partial charge in [-0.1, -0.05) is 0 Å². The van der Waals surface area contributed by atoms with E-state index in [1.807, 2.05) is 25.1 Å². The van der Waals surface area contributed by atoms with Gasteiger partial charge in [0.25, 0.3) is 5.91 Å². The van der Waals surface area contributed by atoms with Gasteiger partial charge in [-0.2, -0.15) is 5.10 Å². The first-order valence-electron chi connectivity index (χ1n) is 7.25. The van der Waals surface area contributed by atoms with Gasteiger partial charge in [0, 0.05) is 18.2 Å². The molecule has 0 atom stereocenters. The van der Waals surface area contributed by atoms with E-state index in [2.05, 4.69) is 20.3 Å². The van der Waals surface area contributed by atoms with Crippen molar-refractivity contribution in [2.24, 2.45) is 10.2 Å². The monoisotopic (exact) mass is 362 g/mol. The Morgan fingerprint density at radius 3 is 2.88 bits per heavy atom. The Kier molecular flexibility index (Phi) is 6.31. The van der Waals surface area contributed by atoms with Crippen molar-refractivity contribution >= 4 is 35.0 Å². The van der Waals surface area contributed by atoms with E-state index in [0.717, 1.165) is 29.0 Å². The number of aromatic hydroxyl groups is 1. The first-order valence-corrected chi connectivity index (χ1v) is 8.07. The van der Waals surface area contributed by atoms with E-state index in [1.54, 1.807) is 12.1 Å². The second-order valence-corrected chi connectivity index (χ2v) is 6.39. The van der Waals surface area contributed by atoms with Crippen LogP contribution in [0, 0.1) is 0 Å². The molecule has 0 aliphatic carbocycles. The summed E-state index contributed by atoms with van der Waals surface area (Å²) in [4.78, 5) is 25.0. The Labute approximate surface area is 149 Å². The van der Waals surface area contributed by atoms with Crippen LogP contribution in [0.3, 0.4) is 0 Å². The summed E-state index contributed by atoms with van der Waals surface area (Å²) >= 11 is 1.00. The molecule has 1 aliphatic heterocycles. The lowest BCUT2D eigenvalue weighted by Gasteiger charge is -2.11. The van der Waals surface area contributed by atoms with Gasteiger partial charge in [0.2, 0.25) is 0 Å². The van der Waals surface area contributed by atoms with Crippen LogP contribution in [-0.2, 0) is 20.9 Å². The number of benzene rings is 1. The quantitative estimate of drug-likeness (QED) is 0.351. The molecule has 0 unspecified atom stereocenters. The highest BCUT2D eigenvalue weighted by Crippen LogP contribution is 2.23. The standard InChI is InChI=1S/C16H18N4O4S/c1-20(2)9-11-6-10(4-5-12(11)21)8-17-19-16-18-15(23)13(25-16)7-14(22)24-3/h4-8,21H,9H2,1-3H3,(H,18,19,23)/b13-7+,17-8?. The van der Waals surface area contributed by atoms with Crippen molar-refractivity contribution < 1.29 is 19.4 Å². The minimum absolute atomic E-state index is 0.193. The predicted molar refractivity (Wildman–Crippen MR) is 96.4 cm³/mol. The van der Waals surface area contributed by atoms with Crippen LogP contribution < -0.4 is 5.32 Å². The molecular formula is C16H18N4O4S. The molecule has 1 amide bonds. The highest BCUT2D eigenvalue weighted by atomic mass is 32.2. The van der Waals surface area contributed by atoms with Crippen molar-refractivity contribution in [1.82, 2.24) is 10.2 Å². The van der Waals surface area contributed by atoms with E-state index >= 15 is 0 Å². The molecule has 1 aliphatic rings. The number of amidine groups is 1. The van der Waals surface area contributed by atoms with Gasteiger partial charge in [-0.3, -0.25) is 10.1 Å². The normalized spacial score (nSPS) is 17.7. The Balaban J connectivity index is 2.08. The number of carbonyl (C=O) groups is 2. The fourth-order valence-corrected chi connectivity index (χ4v) is 2.68. The average molecular weight is 362 g/mol. The number of nitrogens with zero attached hydrogens (tertiary/aromatic N) is 3. The lowest BCUT2D eigenvalue weighted by atomic mass is 10.1. The first kappa shape index (κ1) is 18.7. The molecule has 1 heterocycles. The van der Waals surface area contributed by atoms with Gasteiger partial charge in [-0.05, 0) is 49.6 Å². The summed E-state index contributed by atoms with van der Waals surface area (Å²) in [6, 6.07) is 5.11. The molecule has 1 fully saturated rings. The molecule has 8 nitrogen and oxygen atoms in total. The van der Waals surface area contributed by atoms with Gasteiger partial charge in [0.15, 0.2) is 5.17 Å². The minimum atomic E-state index is -0.611. The van der Waals surface area contributed by atoms with Crippen molar-refractivity contribution in [2.75, 3.05) is 21.2 Å². The number of phenolic OH excluding ortho intramolecular Hbond substituents is 1. The molecular weight excluding hydrogens is 344 g/mol. The first-order chi connectivity index (χ1) is 11.9. The van der Waals surface area contributed by atoms with Gasteiger partial charge in [-0.15, -0.1) is 5.10 Å². The molecule has 1 aromatic rings. The number of hydrogen-bond acceptors (Lipinski definition) is 8. The van der Waals surface area contributed by atoms with Crippen LogP contribution in [0.5, 0.6) is 5.75 Å². The summed E-state index contributed by atoms with van der Waals surface area (Å²) in [5.41, 5.74) is 1.53. The maximum absolute atomic E-state index is 11.7. The van der Waals surface area contributed by atoms with Crippen LogP contribution in [0.1, 0.15) is 11.1 Å². The van der Waals surface area contributed by atoms with Crippen molar-refractivity contribution in [3.8, 4) is 5.75 Å². The zero-order chi connectivity index (χ0) is 18.4. The number of carbonyl (C=O) groups excluding carboxylic acids is 2.